The van der Waals surface area contributed by atoms with Gasteiger partial charge in [-0.25, -0.2) is 23.2 Å². The molecule has 19 heavy (non-hydrogen) atoms. The summed E-state index contributed by atoms with van der Waals surface area (Å²) < 4.78 is 28.3. The first-order chi connectivity index (χ1) is 8.91. The van der Waals surface area contributed by atoms with Crippen LogP contribution in [0.5, 0.6) is 0 Å². The molecule has 0 spiro atoms. The van der Waals surface area contributed by atoms with E-state index in [1.807, 2.05) is 6.92 Å². The monoisotopic (exact) mass is 302 g/mol. The fraction of sp³-hybridized carbons (Fsp3) is 0.200. The standard InChI is InChI=1S/C10H11ClN4O3S/c1-7-4-8(6-18-11)14-15(7)10-3-2-9(5-13-10)19(12,16)17/h2-5H,6H2,1H3,(H2,12,16,17). The molecule has 0 saturated heterocycles. The smallest absolute Gasteiger partial charge is 0.239 e. The van der Waals surface area contributed by atoms with E-state index in [4.69, 9.17) is 17.0 Å². The zero-order valence-electron chi connectivity index (χ0n) is 9.95. The summed E-state index contributed by atoms with van der Waals surface area (Å²) in [4.78, 5) is 3.97. The Morgan fingerprint density at radius 1 is 1.47 bits per heavy atom. The van der Waals surface area contributed by atoms with Gasteiger partial charge in [0, 0.05) is 11.9 Å². The van der Waals surface area contributed by atoms with Crippen LogP contribution in [0.2, 0.25) is 0 Å². The Morgan fingerprint density at radius 2 is 2.21 bits per heavy atom. The molecule has 0 aromatic carbocycles. The van der Waals surface area contributed by atoms with Gasteiger partial charge in [-0.3, -0.25) is 4.29 Å². The molecule has 0 fully saturated rings. The van der Waals surface area contributed by atoms with E-state index < -0.39 is 10.0 Å². The minimum Gasteiger partial charge on any atom is -0.273 e. The zero-order valence-corrected chi connectivity index (χ0v) is 11.5. The van der Waals surface area contributed by atoms with Crippen molar-refractivity contribution in [3.63, 3.8) is 0 Å². The molecule has 0 aliphatic heterocycles. The molecule has 2 aromatic heterocycles. The first-order valence-corrected chi connectivity index (χ1v) is 7.05. The minimum atomic E-state index is -3.74. The SMILES string of the molecule is Cc1cc(COCl)nn1-c1ccc(S(N)(=O)=O)cn1. The van der Waals surface area contributed by atoms with Crippen LogP contribution >= 0.6 is 11.9 Å². The molecular formula is C10H11ClN4O3S. The van der Waals surface area contributed by atoms with Gasteiger partial charge in [0.2, 0.25) is 10.0 Å². The second kappa shape index (κ2) is 5.25. The number of hydrogen-bond acceptors (Lipinski definition) is 5. The Bertz CT molecular complexity index is 681. The predicted molar refractivity (Wildman–Crippen MR) is 68.1 cm³/mol. The summed E-state index contributed by atoms with van der Waals surface area (Å²) in [6.45, 7) is 2.00. The highest BCUT2D eigenvalue weighted by atomic mass is 35.5. The van der Waals surface area contributed by atoms with Crippen molar-refractivity contribution in [3.05, 3.63) is 35.8 Å². The largest absolute Gasteiger partial charge is 0.273 e. The van der Waals surface area contributed by atoms with Crippen molar-refractivity contribution in [2.24, 2.45) is 5.14 Å². The van der Waals surface area contributed by atoms with E-state index in [2.05, 4.69) is 14.4 Å². The second-order valence-electron chi connectivity index (χ2n) is 3.84. The molecule has 2 N–H and O–H groups in total. The lowest BCUT2D eigenvalue weighted by molar-refractivity contribution is 0.334. The summed E-state index contributed by atoms with van der Waals surface area (Å²) in [5.74, 6) is 0.478. The number of halogens is 1. The molecule has 0 amide bonds. The first kappa shape index (κ1) is 13.9. The molecular weight excluding hydrogens is 292 g/mol. The van der Waals surface area contributed by atoms with Crippen LogP contribution in [0.1, 0.15) is 11.4 Å². The van der Waals surface area contributed by atoms with Crippen LogP contribution in [0.3, 0.4) is 0 Å². The molecule has 0 aliphatic rings. The first-order valence-electron chi connectivity index (χ1n) is 5.20. The summed E-state index contributed by atoms with van der Waals surface area (Å²) in [6.07, 6.45) is 1.18. The number of sulfonamides is 1. The van der Waals surface area contributed by atoms with Crippen molar-refractivity contribution in [1.82, 2.24) is 14.8 Å². The number of nitrogens with two attached hydrogens (primary N) is 1. The molecule has 2 heterocycles. The van der Waals surface area contributed by atoms with Gasteiger partial charge < -0.3 is 0 Å². The zero-order chi connectivity index (χ0) is 14.0. The van der Waals surface area contributed by atoms with Gasteiger partial charge in [-0.05, 0) is 25.1 Å². The number of aromatic nitrogens is 3. The van der Waals surface area contributed by atoms with E-state index in [1.54, 1.807) is 10.7 Å². The molecule has 2 rings (SSSR count). The van der Waals surface area contributed by atoms with Crippen LogP contribution in [0.15, 0.2) is 29.3 Å². The van der Waals surface area contributed by atoms with Gasteiger partial charge in [0.25, 0.3) is 0 Å². The lowest BCUT2D eigenvalue weighted by Gasteiger charge is -2.04. The van der Waals surface area contributed by atoms with E-state index in [0.717, 1.165) is 5.69 Å². The fourth-order valence-electron chi connectivity index (χ4n) is 1.56. The van der Waals surface area contributed by atoms with Crippen LogP contribution in [-0.2, 0) is 20.9 Å². The number of rotatable bonds is 4. The van der Waals surface area contributed by atoms with Crippen molar-refractivity contribution in [1.29, 1.82) is 0 Å². The molecule has 0 unspecified atom stereocenters. The van der Waals surface area contributed by atoms with Crippen LogP contribution in [0.25, 0.3) is 5.82 Å². The summed E-state index contributed by atoms with van der Waals surface area (Å²) in [5, 5.41) is 9.22. The Hall–Kier alpha value is -1.48. The average molecular weight is 303 g/mol. The summed E-state index contributed by atoms with van der Waals surface area (Å²) in [7, 11) is -3.74. The molecule has 0 saturated carbocycles. The van der Waals surface area contributed by atoms with Crippen molar-refractivity contribution in [2.75, 3.05) is 0 Å². The Balaban J connectivity index is 2.37. The molecule has 0 bridgehead atoms. The van der Waals surface area contributed by atoms with Gasteiger partial charge in [0.05, 0.1) is 17.6 Å². The normalized spacial score (nSPS) is 11.7. The van der Waals surface area contributed by atoms with Gasteiger partial charge in [-0.2, -0.15) is 5.10 Å². The third-order valence-electron chi connectivity index (χ3n) is 2.41. The second-order valence-corrected chi connectivity index (χ2v) is 5.62. The molecule has 0 aliphatic carbocycles. The predicted octanol–water partition coefficient (Wildman–Crippen LogP) is 0.894. The third kappa shape index (κ3) is 3.10. The fourth-order valence-corrected chi connectivity index (χ4v) is 2.13. The van der Waals surface area contributed by atoms with E-state index in [-0.39, 0.29) is 11.5 Å². The number of hydrogen-bond donors (Lipinski definition) is 1. The lowest BCUT2D eigenvalue weighted by atomic mass is 10.4. The summed E-state index contributed by atoms with van der Waals surface area (Å²) in [5.41, 5.74) is 1.46. The lowest BCUT2D eigenvalue weighted by Crippen LogP contribution is -2.13. The Morgan fingerprint density at radius 3 is 2.74 bits per heavy atom. The molecule has 0 radical (unpaired) electrons. The number of primary sulfonamides is 1. The molecule has 2 aromatic rings. The van der Waals surface area contributed by atoms with Crippen molar-refractivity contribution in [3.8, 4) is 5.82 Å². The number of pyridine rings is 1. The van der Waals surface area contributed by atoms with E-state index in [0.29, 0.717) is 11.5 Å². The quantitative estimate of drug-likeness (QED) is 0.904. The number of nitrogens with zero attached hydrogens (tertiary/aromatic N) is 3. The highest BCUT2D eigenvalue weighted by Crippen LogP contribution is 2.13. The van der Waals surface area contributed by atoms with E-state index >= 15 is 0 Å². The Labute approximate surface area is 115 Å². The third-order valence-corrected chi connectivity index (χ3v) is 3.41. The highest BCUT2D eigenvalue weighted by Gasteiger charge is 2.11. The van der Waals surface area contributed by atoms with Crippen LogP contribution in [0.4, 0.5) is 0 Å². The van der Waals surface area contributed by atoms with Crippen molar-refractivity contribution in [2.45, 2.75) is 18.4 Å². The summed E-state index contributed by atoms with van der Waals surface area (Å²) >= 11 is 5.17. The molecule has 7 nitrogen and oxygen atoms in total. The maximum Gasteiger partial charge on any atom is 0.239 e. The molecule has 102 valence electrons. The maximum absolute atomic E-state index is 11.1. The van der Waals surface area contributed by atoms with Crippen LogP contribution in [0, 0.1) is 6.92 Å². The molecule has 9 heteroatoms. The van der Waals surface area contributed by atoms with Crippen molar-refractivity contribution < 1.29 is 12.7 Å². The van der Waals surface area contributed by atoms with Gasteiger partial charge in [-0.15, -0.1) is 0 Å². The number of aryl methyl sites for hydroxylation is 1. The van der Waals surface area contributed by atoms with Gasteiger partial charge in [-0.1, -0.05) is 0 Å². The van der Waals surface area contributed by atoms with Crippen LogP contribution in [-0.4, -0.2) is 23.2 Å². The van der Waals surface area contributed by atoms with E-state index in [9.17, 15) is 8.42 Å². The van der Waals surface area contributed by atoms with E-state index in [1.165, 1.54) is 18.3 Å². The van der Waals surface area contributed by atoms with Crippen molar-refractivity contribution >= 4 is 21.9 Å². The topological polar surface area (TPSA) is 100 Å². The van der Waals surface area contributed by atoms with Gasteiger partial charge in [0.15, 0.2) is 5.82 Å². The van der Waals surface area contributed by atoms with Crippen LogP contribution < -0.4 is 5.14 Å². The molecule has 0 atom stereocenters. The maximum atomic E-state index is 11.1. The average Bonchev–Trinajstić information content (AvgIpc) is 2.70. The minimum absolute atomic E-state index is 0.0506. The van der Waals surface area contributed by atoms with Gasteiger partial charge in [0.1, 0.15) is 11.5 Å². The Kier molecular flexibility index (Phi) is 3.85. The van der Waals surface area contributed by atoms with Gasteiger partial charge >= 0.3 is 0 Å². The summed E-state index contributed by atoms with van der Waals surface area (Å²) in [6, 6.07) is 4.68. The highest BCUT2D eigenvalue weighted by molar-refractivity contribution is 7.89.